The predicted octanol–water partition coefficient (Wildman–Crippen LogP) is 3.85. The van der Waals surface area contributed by atoms with Gasteiger partial charge in [0.25, 0.3) is 5.56 Å². The Morgan fingerprint density at radius 2 is 1.93 bits per heavy atom. The first-order chi connectivity index (χ1) is 13.0. The molecule has 0 saturated carbocycles. The predicted molar refractivity (Wildman–Crippen MR) is 111 cm³/mol. The van der Waals surface area contributed by atoms with E-state index in [2.05, 4.69) is 10.3 Å². The third-order valence-corrected chi connectivity index (χ3v) is 5.03. The van der Waals surface area contributed by atoms with Crippen LogP contribution in [0, 0.1) is 4.77 Å². The lowest BCUT2D eigenvalue weighted by Crippen LogP contribution is -2.35. The molecule has 0 radical (unpaired) electrons. The van der Waals surface area contributed by atoms with Crippen molar-refractivity contribution in [1.82, 2.24) is 14.9 Å². The van der Waals surface area contributed by atoms with Gasteiger partial charge in [-0.2, -0.15) is 0 Å². The number of carbonyl (C=O) groups is 1. The molecule has 2 aromatic carbocycles. The van der Waals surface area contributed by atoms with E-state index in [1.807, 2.05) is 37.3 Å². The zero-order chi connectivity index (χ0) is 19.4. The first-order valence-corrected chi connectivity index (χ1v) is 9.49. The Kier molecular flexibility index (Phi) is 6.08. The first kappa shape index (κ1) is 19.3. The first-order valence-electron chi connectivity index (χ1n) is 8.70. The largest absolute Gasteiger partial charge is 0.353 e. The van der Waals surface area contributed by atoms with Crippen molar-refractivity contribution in [1.29, 1.82) is 0 Å². The molecule has 0 unspecified atom stereocenters. The maximum absolute atomic E-state index is 12.6. The van der Waals surface area contributed by atoms with Crippen molar-refractivity contribution >= 4 is 40.6 Å². The van der Waals surface area contributed by atoms with E-state index in [0.717, 1.165) is 5.56 Å². The van der Waals surface area contributed by atoms with Gasteiger partial charge in [-0.05, 0) is 49.3 Å². The van der Waals surface area contributed by atoms with Crippen LogP contribution in [0.1, 0.15) is 18.9 Å². The van der Waals surface area contributed by atoms with Crippen LogP contribution >= 0.6 is 23.8 Å². The van der Waals surface area contributed by atoms with Crippen molar-refractivity contribution < 1.29 is 4.79 Å². The molecule has 27 heavy (non-hydrogen) atoms. The Bertz CT molecular complexity index is 1090. The molecule has 1 atom stereocenters. The number of hydrogen-bond acceptors (Lipinski definition) is 3. The number of halogens is 1. The van der Waals surface area contributed by atoms with E-state index in [1.54, 1.807) is 18.2 Å². The number of aromatic amines is 1. The molecule has 0 saturated heterocycles. The lowest BCUT2D eigenvalue weighted by atomic mass is 10.1. The van der Waals surface area contributed by atoms with Crippen LogP contribution in [0.2, 0.25) is 5.02 Å². The average molecular weight is 402 g/mol. The highest BCUT2D eigenvalue weighted by Crippen LogP contribution is 2.16. The summed E-state index contributed by atoms with van der Waals surface area (Å²) in [6.07, 6.45) is 0.810. The summed E-state index contributed by atoms with van der Waals surface area (Å²) in [5, 5.41) is 4.19. The van der Waals surface area contributed by atoms with Gasteiger partial charge in [-0.15, -0.1) is 0 Å². The molecule has 0 aliphatic rings. The van der Waals surface area contributed by atoms with E-state index in [0.29, 0.717) is 27.1 Å². The van der Waals surface area contributed by atoms with Gasteiger partial charge in [-0.3, -0.25) is 14.2 Å². The normalized spacial score (nSPS) is 12.1. The molecule has 7 heteroatoms. The van der Waals surface area contributed by atoms with Crippen molar-refractivity contribution in [3.05, 3.63) is 74.2 Å². The molecule has 140 valence electrons. The maximum atomic E-state index is 12.6. The number of hydrogen-bond donors (Lipinski definition) is 2. The standard InChI is InChI=1S/C20H20ClN3O2S/c1-13(12-14-6-2-4-8-16(14)21)22-18(25)10-11-24-19(26)15-7-3-5-9-17(15)23-20(24)27/h2-9,13H,10-12H2,1H3,(H,22,25)(H,23,27)/t13-/m0/s1. The van der Waals surface area contributed by atoms with E-state index in [-0.39, 0.29) is 30.5 Å². The number of fused-ring (bicyclic) bond motifs is 1. The van der Waals surface area contributed by atoms with Crippen LogP contribution in [-0.2, 0) is 17.8 Å². The second-order valence-corrected chi connectivity index (χ2v) is 7.24. The fourth-order valence-corrected chi connectivity index (χ4v) is 3.50. The third-order valence-electron chi connectivity index (χ3n) is 4.34. The fourth-order valence-electron chi connectivity index (χ4n) is 3.01. The zero-order valence-electron chi connectivity index (χ0n) is 14.9. The minimum absolute atomic E-state index is 0.0692. The van der Waals surface area contributed by atoms with E-state index >= 15 is 0 Å². The highest BCUT2D eigenvalue weighted by atomic mass is 35.5. The summed E-state index contributed by atoms with van der Waals surface area (Å²) in [6.45, 7) is 2.15. The molecule has 3 aromatic rings. The molecule has 2 N–H and O–H groups in total. The van der Waals surface area contributed by atoms with Gasteiger partial charge in [0.15, 0.2) is 4.77 Å². The topological polar surface area (TPSA) is 66.9 Å². The fraction of sp³-hybridized carbons (Fsp3) is 0.250. The molecule has 0 aliphatic heterocycles. The smallest absolute Gasteiger partial charge is 0.262 e. The quantitative estimate of drug-likeness (QED) is 0.616. The summed E-state index contributed by atoms with van der Waals surface area (Å²) in [5.41, 5.74) is 1.49. The van der Waals surface area contributed by atoms with Gasteiger partial charge in [-0.25, -0.2) is 0 Å². The molecule has 3 rings (SSSR count). The zero-order valence-corrected chi connectivity index (χ0v) is 16.4. The summed E-state index contributed by atoms with van der Waals surface area (Å²) in [6, 6.07) is 14.7. The Labute approximate surface area is 167 Å². The molecular weight excluding hydrogens is 382 g/mol. The van der Waals surface area contributed by atoms with Crippen LogP contribution in [0.5, 0.6) is 0 Å². The molecule has 0 bridgehead atoms. The number of nitrogens with zero attached hydrogens (tertiary/aromatic N) is 1. The van der Waals surface area contributed by atoms with Gasteiger partial charge in [0.05, 0.1) is 10.9 Å². The molecular formula is C20H20ClN3O2S. The second-order valence-electron chi connectivity index (χ2n) is 6.45. The number of carbonyl (C=O) groups excluding carboxylic acids is 1. The molecule has 5 nitrogen and oxygen atoms in total. The Morgan fingerprint density at radius 1 is 1.22 bits per heavy atom. The molecule has 1 heterocycles. The van der Waals surface area contributed by atoms with E-state index in [4.69, 9.17) is 23.8 Å². The summed E-state index contributed by atoms with van der Waals surface area (Å²) in [5.74, 6) is -0.135. The number of amides is 1. The van der Waals surface area contributed by atoms with Crippen molar-refractivity contribution in [3.8, 4) is 0 Å². The van der Waals surface area contributed by atoms with Gasteiger partial charge < -0.3 is 10.3 Å². The molecule has 0 spiro atoms. The van der Waals surface area contributed by atoms with Crippen molar-refractivity contribution in [2.24, 2.45) is 0 Å². The highest BCUT2D eigenvalue weighted by molar-refractivity contribution is 7.71. The number of para-hydroxylation sites is 1. The van der Waals surface area contributed by atoms with Crippen molar-refractivity contribution in [2.75, 3.05) is 0 Å². The van der Waals surface area contributed by atoms with Crippen LogP contribution in [0.25, 0.3) is 10.9 Å². The van der Waals surface area contributed by atoms with Crippen LogP contribution in [0.4, 0.5) is 0 Å². The Hall–Kier alpha value is -2.44. The number of rotatable bonds is 6. The van der Waals surface area contributed by atoms with E-state index < -0.39 is 0 Å². The number of H-pyrrole nitrogens is 1. The van der Waals surface area contributed by atoms with Crippen molar-refractivity contribution in [3.63, 3.8) is 0 Å². The number of aromatic nitrogens is 2. The van der Waals surface area contributed by atoms with Crippen molar-refractivity contribution in [2.45, 2.75) is 32.4 Å². The highest BCUT2D eigenvalue weighted by Gasteiger charge is 2.12. The van der Waals surface area contributed by atoms with Gasteiger partial charge in [0.2, 0.25) is 5.91 Å². The second kappa shape index (κ2) is 8.50. The average Bonchev–Trinajstić information content (AvgIpc) is 2.63. The van der Waals surface area contributed by atoms with Crippen LogP contribution in [-0.4, -0.2) is 21.5 Å². The lowest BCUT2D eigenvalue weighted by molar-refractivity contribution is -0.121. The molecule has 0 aliphatic carbocycles. The Balaban J connectivity index is 1.64. The monoisotopic (exact) mass is 401 g/mol. The third kappa shape index (κ3) is 4.64. The van der Waals surface area contributed by atoms with E-state index in [9.17, 15) is 9.59 Å². The van der Waals surface area contributed by atoms with Gasteiger partial charge >= 0.3 is 0 Å². The summed E-state index contributed by atoms with van der Waals surface area (Å²) >= 11 is 11.4. The lowest BCUT2D eigenvalue weighted by Gasteiger charge is -2.15. The molecule has 1 amide bonds. The van der Waals surface area contributed by atoms with Crippen LogP contribution < -0.4 is 10.9 Å². The molecule has 1 aromatic heterocycles. The molecule has 0 fully saturated rings. The van der Waals surface area contributed by atoms with Crippen LogP contribution in [0.3, 0.4) is 0 Å². The van der Waals surface area contributed by atoms with Gasteiger partial charge in [0, 0.05) is 24.0 Å². The minimum Gasteiger partial charge on any atom is -0.353 e. The van der Waals surface area contributed by atoms with Crippen LogP contribution in [0.15, 0.2) is 53.3 Å². The minimum atomic E-state index is -0.189. The Morgan fingerprint density at radius 3 is 2.70 bits per heavy atom. The maximum Gasteiger partial charge on any atom is 0.262 e. The summed E-state index contributed by atoms with van der Waals surface area (Å²) < 4.78 is 1.74. The van der Waals surface area contributed by atoms with Gasteiger partial charge in [-0.1, -0.05) is 41.9 Å². The number of nitrogens with one attached hydrogen (secondary N) is 2. The van der Waals surface area contributed by atoms with Gasteiger partial charge in [0.1, 0.15) is 0 Å². The summed E-state index contributed by atoms with van der Waals surface area (Å²) in [4.78, 5) is 27.9. The number of benzene rings is 2. The van der Waals surface area contributed by atoms with E-state index in [1.165, 1.54) is 4.57 Å². The summed E-state index contributed by atoms with van der Waals surface area (Å²) in [7, 11) is 0. The SMILES string of the molecule is C[C@@H](Cc1ccccc1Cl)NC(=O)CCn1c(=S)[nH]c2ccccc2c1=O.